The molecule has 1 amide bonds. The molecule has 0 saturated carbocycles. The molecule has 0 radical (unpaired) electrons. The maximum Gasteiger partial charge on any atom is 1.00 e. The number of carbonyl (C=O) groups is 5. The number of aromatic nitrogens is 5. The number of carboxylic acid groups (broad SMARTS) is 2. The summed E-state index contributed by atoms with van der Waals surface area (Å²) in [5.41, 5.74) is 6.55. The van der Waals surface area contributed by atoms with E-state index in [0.29, 0.717) is 35.4 Å². The number of nitrogen functional groups attached to an aromatic ring is 1. The van der Waals surface area contributed by atoms with Crippen LogP contribution in [0.15, 0.2) is 28.2 Å². The average molecular weight is 823 g/mol. The van der Waals surface area contributed by atoms with Gasteiger partial charge in [0.25, 0.3) is 0 Å². The van der Waals surface area contributed by atoms with Crippen LogP contribution in [0.5, 0.6) is 11.5 Å². The van der Waals surface area contributed by atoms with E-state index in [1.165, 1.54) is 34.2 Å². The number of aromatic hydroxyl groups is 2. The first-order valence-electron chi connectivity index (χ1n) is 15.4. The number of hydrogen-bond acceptors (Lipinski definition) is 17. The van der Waals surface area contributed by atoms with E-state index < -0.39 is 64.7 Å². The van der Waals surface area contributed by atoms with Crippen LogP contribution in [0.25, 0.3) is 5.70 Å². The first-order valence-corrected chi connectivity index (χ1v) is 17.7. The molecule has 5 N–H and O–H groups in total. The van der Waals surface area contributed by atoms with Gasteiger partial charge in [0.2, 0.25) is 5.91 Å². The number of likely N-dealkylation sites (N-methyl/N-ethyl adjacent to an activating group) is 1. The summed E-state index contributed by atoms with van der Waals surface area (Å²) in [6.45, 7) is 0.944. The fourth-order valence-corrected chi connectivity index (χ4v) is 7.95. The fraction of sp³-hybridized carbons (Fsp3) is 0.400. The molecule has 0 unspecified atom stereocenters. The minimum Gasteiger partial charge on any atom is -0.546 e. The average Bonchev–Trinajstić information content (AvgIpc) is 3.77. The number of amides is 1. The molecule has 1 aromatic carbocycles. The van der Waals surface area contributed by atoms with Crippen LogP contribution in [0.2, 0.25) is 5.02 Å². The summed E-state index contributed by atoms with van der Waals surface area (Å²) >= 11 is 8.44. The van der Waals surface area contributed by atoms with Gasteiger partial charge in [-0.1, -0.05) is 16.8 Å². The number of hydrogen-bond donors (Lipinski definition) is 4. The number of phenolic OH excluding ortho intramolecular Hbond substituents is 2. The number of tetrazole rings is 1. The molecule has 2 aliphatic rings. The Bertz CT molecular complexity index is 1980. The maximum absolute atomic E-state index is 13.7. The van der Waals surface area contributed by atoms with Gasteiger partial charge in [-0.3, -0.25) is 34.4 Å². The number of ketones is 2. The molecule has 2 aliphatic heterocycles. The van der Waals surface area contributed by atoms with E-state index in [1.54, 1.807) is 0 Å². The van der Waals surface area contributed by atoms with Gasteiger partial charge in [-0.05, 0) is 12.1 Å². The molecule has 1 fully saturated rings. The Morgan fingerprint density at radius 1 is 1.24 bits per heavy atom. The van der Waals surface area contributed by atoms with Gasteiger partial charge in [-0.2, -0.15) is 5.21 Å². The quantitative estimate of drug-likeness (QED) is 0.0187. The Morgan fingerprint density at radius 3 is 2.57 bits per heavy atom. The van der Waals surface area contributed by atoms with Gasteiger partial charge < -0.3 is 45.4 Å². The number of rotatable bonds is 17. The number of anilines is 1. The van der Waals surface area contributed by atoms with Crippen molar-refractivity contribution in [2.24, 2.45) is 11.1 Å². The number of β-lactam (4-membered cyclic amide) rings is 1. The van der Waals surface area contributed by atoms with Gasteiger partial charge >= 0.3 is 65.1 Å². The fourth-order valence-electron chi connectivity index (χ4n) is 5.73. The Hall–Kier alpha value is -3.12. The number of halogens is 1. The molecule has 276 valence electrons. The van der Waals surface area contributed by atoms with E-state index in [2.05, 4.69) is 30.8 Å². The van der Waals surface area contributed by atoms with E-state index in [1.807, 2.05) is 14.1 Å². The summed E-state index contributed by atoms with van der Waals surface area (Å²) in [5, 5.41) is 59.4. The largest absolute Gasteiger partial charge is 1.00 e. The molecule has 54 heavy (non-hydrogen) atoms. The summed E-state index contributed by atoms with van der Waals surface area (Å²) in [6, 6.07) is 2.55. The molecule has 19 nitrogen and oxygen atoms in total. The Kier molecular flexibility index (Phi) is 16.1. The molecule has 24 heteroatoms. The number of thioether (sulfide) groups is 1. The van der Waals surface area contributed by atoms with Crippen LogP contribution in [0, 0.1) is 5.92 Å². The van der Waals surface area contributed by atoms with E-state index in [4.69, 9.17) is 27.3 Å². The van der Waals surface area contributed by atoms with Crippen molar-refractivity contribution in [3.8, 4) is 11.5 Å². The van der Waals surface area contributed by atoms with Gasteiger partial charge in [-0.25, -0.2) is 4.98 Å². The van der Waals surface area contributed by atoms with Gasteiger partial charge in [0, 0.05) is 41.5 Å². The summed E-state index contributed by atoms with van der Waals surface area (Å²) in [5.74, 6) is -6.11. The number of thiazole rings is 1. The maximum atomic E-state index is 13.7. The van der Waals surface area contributed by atoms with Crippen LogP contribution in [0.1, 0.15) is 47.6 Å². The van der Waals surface area contributed by atoms with Crippen molar-refractivity contribution >= 4 is 80.7 Å². The number of Topliss-reactive ketones (excluding diaryl/α,β-unsaturated/α-hetero) is 2. The Morgan fingerprint density at radius 2 is 1.96 bits per heavy atom. The number of carbonyl (C=O) groups excluding carboxylic acids is 4. The number of nitrogens with zero attached hydrogens (tertiary/aromatic N) is 8. The summed E-state index contributed by atoms with van der Waals surface area (Å²) in [6.07, 6.45) is -2.80. The third kappa shape index (κ3) is 10.4. The van der Waals surface area contributed by atoms with E-state index >= 15 is 0 Å². The monoisotopic (exact) mass is 822 g/mol. The predicted molar refractivity (Wildman–Crippen MR) is 182 cm³/mol. The zero-order chi connectivity index (χ0) is 37.9. The van der Waals surface area contributed by atoms with Crippen molar-refractivity contribution in [2.75, 3.05) is 38.7 Å². The molecule has 4 heterocycles. The van der Waals surface area contributed by atoms with Crippen molar-refractivity contribution < 1.29 is 113 Å². The van der Waals surface area contributed by atoms with Gasteiger partial charge in [-0.15, -0.1) is 23.1 Å². The summed E-state index contributed by atoms with van der Waals surface area (Å²) in [7, 11) is 3.89. The molecule has 3 atom stereocenters. The number of carboxylic acids is 2. The molecule has 0 aliphatic carbocycles. The molecule has 0 spiro atoms. The standard InChI is InChI=1S/C30H32ClN9O10S2.2Na/c1-40(2,7-3-4-17(41)14-5-6-18(42)25(46)22(14)31)10-13-11-51-28-15(27(47)39(28)24(13)26-34-37-38-35-26)8-19(43)23(16-12-52-30(32)33-16)36-50-20(29(48)49)9-21(44)45;;/h5-6,12,15,20,28H,3-4,7-11H2,1-2H3,(H6-,32,33,34,35,36,37,38,41,42,43,44,45,46,48,49);;/q;2*+1/p-1/t15-,20+,28-;;/m1../s1. The third-order valence-corrected chi connectivity index (χ3v) is 10.7. The van der Waals surface area contributed by atoms with E-state index in [9.17, 15) is 39.3 Å². The first kappa shape index (κ1) is 45.3. The predicted octanol–water partition coefficient (Wildman–Crippen LogP) is -6.10. The van der Waals surface area contributed by atoms with Gasteiger partial charge in [0.1, 0.15) is 12.2 Å². The molecule has 0 bridgehead atoms. The van der Waals surface area contributed by atoms with E-state index in [-0.39, 0.29) is 105 Å². The molecule has 2 aromatic heterocycles. The minimum absolute atomic E-state index is 0. The Labute approximate surface area is 364 Å². The number of nitrogens with two attached hydrogens (primary N) is 1. The van der Waals surface area contributed by atoms with Crippen molar-refractivity contribution in [2.45, 2.75) is 37.2 Å². The van der Waals surface area contributed by atoms with Crippen molar-refractivity contribution in [3.63, 3.8) is 0 Å². The van der Waals surface area contributed by atoms with Crippen LogP contribution in [0.3, 0.4) is 0 Å². The number of benzene rings is 1. The second-order valence-electron chi connectivity index (χ2n) is 12.5. The molecule has 5 rings (SSSR count). The third-order valence-electron chi connectivity index (χ3n) is 8.20. The summed E-state index contributed by atoms with van der Waals surface area (Å²) < 4.78 is 0.392. The zero-order valence-corrected chi connectivity index (χ0v) is 35.9. The van der Waals surface area contributed by atoms with Crippen LogP contribution >= 0.6 is 34.7 Å². The van der Waals surface area contributed by atoms with Crippen LogP contribution in [-0.4, -0.2) is 125 Å². The normalized spacial score (nSPS) is 17.4. The van der Waals surface area contributed by atoms with Crippen LogP contribution in [0.4, 0.5) is 5.13 Å². The molecule has 3 aromatic rings. The van der Waals surface area contributed by atoms with Crippen LogP contribution in [-0.2, 0) is 24.0 Å². The van der Waals surface area contributed by atoms with Gasteiger partial charge in [0.05, 0.1) is 60.9 Å². The molecular weight excluding hydrogens is 792 g/mol. The van der Waals surface area contributed by atoms with Crippen molar-refractivity contribution in [1.82, 2.24) is 30.5 Å². The SMILES string of the molecule is C[N+](C)(CCCC(=O)c1ccc(O)c(O)c1Cl)CC1=C(c2nnn[n-]2)N2C(=O)[C@@H](CC(=O)/C(=N\O[C@@H](CC(=O)O)C(=O)[O-])c3csc(N)n3)[C@H]2SC1.[Na+].[Na+]. The first-order chi connectivity index (χ1) is 24.6. The van der Waals surface area contributed by atoms with Crippen LogP contribution < -0.4 is 75.1 Å². The molecular formula is C30H31ClN9Na2O10S2+. The number of oxime groups is 1. The number of aliphatic carboxylic acids is 2. The topological polar surface area (TPSA) is 286 Å². The number of fused-ring (bicyclic) bond motifs is 1. The summed E-state index contributed by atoms with van der Waals surface area (Å²) in [4.78, 5) is 73.0. The van der Waals surface area contributed by atoms with Gasteiger partial charge in [0.15, 0.2) is 40.0 Å². The second-order valence-corrected chi connectivity index (χ2v) is 14.8. The second kappa shape index (κ2) is 19.2. The molecule has 1 saturated heterocycles. The number of phenols is 2. The zero-order valence-electron chi connectivity index (χ0n) is 29.5. The van der Waals surface area contributed by atoms with Crippen molar-refractivity contribution in [3.05, 3.63) is 45.2 Å². The number of quaternary nitrogens is 1. The van der Waals surface area contributed by atoms with Crippen molar-refractivity contribution in [1.29, 1.82) is 0 Å². The smallest absolute Gasteiger partial charge is 0.546 e. The Balaban J connectivity index is 0.00000392. The minimum atomic E-state index is -2.00. The van der Waals surface area contributed by atoms with E-state index in [0.717, 1.165) is 16.9 Å².